The van der Waals surface area contributed by atoms with Crippen LogP contribution in [0, 0.1) is 10.1 Å². The molecule has 9 heteroatoms. The molecule has 2 aromatic rings. The van der Waals surface area contributed by atoms with E-state index in [4.69, 9.17) is 4.98 Å². The van der Waals surface area contributed by atoms with Gasteiger partial charge in [0.05, 0.1) is 10.4 Å². The average molecular weight is 461 g/mol. The largest absolute Gasteiger partial charge is 0.337 e. The first-order chi connectivity index (χ1) is 11.3. The van der Waals surface area contributed by atoms with E-state index in [1.54, 1.807) is 0 Å². The molecule has 0 aliphatic carbocycles. The van der Waals surface area contributed by atoms with Crippen LogP contribution < -0.4 is 10.2 Å². The normalized spacial score (nSPS) is 18.6. The summed E-state index contributed by atoms with van der Waals surface area (Å²) in [6, 6.07) is 2.31. The highest BCUT2D eigenvalue weighted by molar-refractivity contribution is 9.13. The smallest absolute Gasteiger partial charge is 0.312 e. The minimum Gasteiger partial charge on any atom is -0.337 e. The predicted molar refractivity (Wildman–Crippen MR) is 102 cm³/mol. The summed E-state index contributed by atoms with van der Waals surface area (Å²) in [4.78, 5) is 18.1. The zero-order chi connectivity index (χ0) is 17.6. The van der Waals surface area contributed by atoms with Gasteiger partial charge in [0.1, 0.15) is 4.47 Å². The molecule has 0 amide bonds. The molecule has 0 unspecified atom stereocenters. The number of hydrogen-bond donors (Lipinski definition) is 1. The van der Waals surface area contributed by atoms with Crippen LogP contribution in [0.4, 0.5) is 11.6 Å². The van der Waals surface area contributed by atoms with E-state index in [9.17, 15) is 10.1 Å². The molecule has 1 aliphatic heterocycles. The van der Waals surface area contributed by atoms with Crippen LogP contribution in [0.1, 0.15) is 26.8 Å². The molecule has 1 aromatic heterocycles. The molecule has 1 aromatic carbocycles. The molecule has 0 bridgehead atoms. The number of halogens is 2. The molecule has 0 spiro atoms. The lowest BCUT2D eigenvalue weighted by molar-refractivity contribution is -0.384. The Hall–Kier alpha value is -1.19. The fourth-order valence-electron chi connectivity index (χ4n) is 3.16. The number of benzene rings is 1. The average Bonchev–Trinajstić information content (AvgIpc) is 2.86. The number of imidazole rings is 1. The maximum atomic E-state index is 11.6. The van der Waals surface area contributed by atoms with Crippen molar-refractivity contribution < 1.29 is 4.92 Å². The Bertz CT molecular complexity index is 805. The van der Waals surface area contributed by atoms with Crippen molar-refractivity contribution in [1.82, 2.24) is 14.9 Å². The second-order valence-corrected chi connectivity index (χ2v) is 7.92. The van der Waals surface area contributed by atoms with Crippen molar-refractivity contribution >= 4 is 54.5 Å². The number of aromatic nitrogens is 2. The molecule has 130 valence electrons. The van der Waals surface area contributed by atoms with Gasteiger partial charge in [-0.15, -0.1) is 0 Å². The summed E-state index contributed by atoms with van der Waals surface area (Å²) in [7, 11) is 0. The van der Waals surface area contributed by atoms with Crippen LogP contribution in [0.15, 0.2) is 15.0 Å². The van der Waals surface area contributed by atoms with Gasteiger partial charge in [-0.2, -0.15) is 0 Å². The van der Waals surface area contributed by atoms with Gasteiger partial charge in [-0.1, -0.05) is 0 Å². The minimum absolute atomic E-state index is 0.00260. The molecular weight excluding hydrogens is 442 g/mol. The van der Waals surface area contributed by atoms with Gasteiger partial charge in [0, 0.05) is 36.2 Å². The number of hydrogen-bond acceptors (Lipinski definition) is 5. The molecule has 1 aliphatic rings. The maximum absolute atomic E-state index is 11.6. The molecule has 1 saturated heterocycles. The fourth-order valence-corrected chi connectivity index (χ4v) is 4.01. The second-order valence-electron chi connectivity index (χ2n) is 6.27. The minimum atomic E-state index is -0.375. The topological polar surface area (TPSA) is 76.2 Å². The molecule has 0 saturated carbocycles. The summed E-state index contributed by atoms with van der Waals surface area (Å²) in [5.41, 5.74) is 1.19. The Labute approximate surface area is 156 Å². The van der Waals surface area contributed by atoms with Crippen LogP contribution in [0.5, 0.6) is 0 Å². The Morgan fingerprint density at radius 2 is 2.17 bits per heavy atom. The molecule has 1 N–H and O–H groups in total. The van der Waals surface area contributed by atoms with E-state index < -0.39 is 0 Å². The number of nitrogens with one attached hydrogen (secondary N) is 1. The summed E-state index contributed by atoms with van der Waals surface area (Å²) >= 11 is 6.74. The van der Waals surface area contributed by atoms with Crippen molar-refractivity contribution in [3.05, 3.63) is 25.1 Å². The number of nitro groups is 1. The van der Waals surface area contributed by atoms with Gasteiger partial charge in [-0.3, -0.25) is 10.1 Å². The van der Waals surface area contributed by atoms with E-state index in [0.717, 1.165) is 31.1 Å². The Balaban J connectivity index is 2.32. The van der Waals surface area contributed by atoms with E-state index >= 15 is 0 Å². The third-order valence-corrected chi connectivity index (χ3v) is 6.25. The van der Waals surface area contributed by atoms with Crippen LogP contribution >= 0.6 is 31.9 Å². The Kier molecular flexibility index (Phi) is 4.85. The molecule has 0 radical (unpaired) electrons. The number of nitro benzene ring substituents is 1. The van der Waals surface area contributed by atoms with Gasteiger partial charge in [0.15, 0.2) is 5.52 Å². The van der Waals surface area contributed by atoms with Crippen molar-refractivity contribution in [1.29, 1.82) is 0 Å². The van der Waals surface area contributed by atoms with Gasteiger partial charge >= 0.3 is 5.69 Å². The van der Waals surface area contributed by atoms with Crippen molar-refractivity contribution in [2.75, 3.05) is 24.5 Å². The van der Waals surface area contributed by atoms with Crippen LogP contribution in [-0.2, 0) is 0 Å². The molecule has 1 fully saturated rings. The molecule has 3 rings (SSSR count). The first-order valence-electron chi connectivity index (χ1n) is 7.84. The van der Waals surface area contributed by atoms with Crippen molar-refractivity contribution in [2.24, 2.45) is 0 Å². The first kappa shape index (κ1) is 17.6. The van der Waals surface area contributed by atoms with E-state index in [1.165, 1.54) is 0 Å². The zero-order valence-corrected chi connectivity index (χ0v) is 16.9. The summed E-state index contributed by atoms with van der Waals surface area (Å²) in [5.74, 6) is 0.794. The van der Waals surface area contributed by atoms with Crippen molar-refractivity contribution in [2.45, 2.75) is 32.9 Å². The lowest BCUT2D eigenvalue weighted by Gasteiger charge is -2.35. The quantitative estimate of drug-likeness (QED) is 0.556. The van der Waals surface area contributed by atoms with Crippen molar-refractivity contribution in [3.63, 3.8) is 0 Å². The standard InChI is InChI=1S/C15H19Br2N5O2/c1-8(2)21-11-6-10(16)12(17)14(22(23)24)13(11)19-15(21)20-5-4-18-7-9(20)3/h6,8-9,18H,4-5,7H2,1-3H3/t9-/m1/s1. The first-order valence-corrected chi connectivity index (χ1v) is 9.43. The fraction of sp³-hybridized carbons (Fsp3) is 0.533. The third kappa shape index (κ3) is 2.82. The molecule has 24 heavy (non-hydrogen) atoms. The summed E-state index contributed by atoms with van der Waals surface area (Å²) in [5, 5.41) is 15.0. The van der Waals surface area contributed by atoms with Crippen LogP contribution in [0.25, 0.3) is 11.0 Å². The number of piperazine rings is 1. The predicted octanol–water partition coefficient (Wildman–Crippen LogP) is 3.85. The van der Waals surface area contributed by atoms with Gasteiger partial charge in [-0.05, 0) is 58.7 Å². The van der Waals surface area contributed by atoms with E-state index in [0.29, 0.717) is 14.5 Å². The van der Waals surface area contributed by atoms with Crippen LogP contribution in [0.2, 0.25) is 0 Å². The van der Waals surface area contributed by atoms with E-state index in [2.05, 4.69) is 67.4 Å². The summed E-state index contributed by atoms with van der Waals surface area (Å²) in [6.07, 6.45) is 0. The van der Waals surface area contributed by atoms with E-state index in [1.807, 2.05) is 6.07 Å². The number of nitrogens with zero attached hydrogens (tertiary/aromatic N) is 4. The molecule has 1 atom stereocenters. The van der Waals surface area contributed by atoms with Gasteiger partial charge in [0.2, 0.25) is 5.95 Å². The lowest BCUT2D eigenvalue weighted by atomic mass is 10.2. The highest BCUT2D eigenvalue weighted by atomic mass is 79.9. The molecular formula is C15H19Br2N5O2. The highest BCUT2D eigenvalue weighted by Gasteiger charge is 2.30. The van der Waals surface area contributed by atoms with E-state index in [-0.39, 0.29) is 22.7 Å². The van der Waals surface area contributed by atoms with Crippen LogP contribution in [0.3, 0.4) is 0 Å². The second kappa shape index (κ2) is 6.61. The summed E-state index contributed by atoms with van der Waals surface area (Å²) in [6.45, 7) is 8.85. The van der Waals surface area contributed by atoms with Gasteiger partial charge in [-0.25, -0.2) is 4.98 Å². The number of anilines is 1. The zero-order valence-electron chi connectivity index (χ0n) is 13.7. The van der Waals surface area contributed by atoms with Gasteiger partial charge in [0.25, 0.3) is 0 Å². The van der Waals surface area contributed by atoms with Crippen molar-refractivity contribution in [3.8, 4) is 0 Å². The SMILES string of the molecule is CC(C)n1c(N2CCNC[C@H]2C)nc2c([N+](=O)[O-])c(Br)c(Br)cc21. The monoisotopic (exact) mass is 459 g/mol. The Morgan fingerprint density at radius 1 is 1.46 bits per heavy atom. The Morgan fingerprint density at radius 3 is 2.75 bits per heavy atom. The number of rotatable bonds is 3. The third-order valence-electron chi connectivity index (χ3n) is 4.29. The maximum Gasteiger partial charge on any atom is 0.312 e. The van der Waals surface area contributed by atoms with Crippen LogP contribution in [-0.4, -0.2) is 40.2 Å². The molecule has 7 nitrogen and oxygen atoms in total. The lowest BCUT2D eigenvalue weighted by Crippen LogP contribution is -2.50. The highest BCUT2D eigenvalue weighted by Crippen LogP contribution is 2.41. The van der Waals surface area contributed by atoms with Gasteiger partial charge < -0.3 is 14.8 Å². The molecule has 2 heterocycles. The number of fused-ring (bicyclic) bond motifs is 1. The summed E-state index contributed by atoms with van der Waals surface area (Å²) < 4.78 is 3.16.